The minimum Gasteiger partial charge on any atom is -0.399 e. The molecule has 20 heavy (non-hydrogen) atoms. The van der Waals surface area contributed by atoms with Crippen molar-refractivity contribution in [3.05, 3.63) is 21.1 Å². The summed E-state index contributed by atoms with van der Waals surface area (Å²) in [4.78, 5) is 0.0910. The maximum Gasteiger partial charge on any atom is 0.242 e. The number of hydrogen-bond acceptors (Lipinski definition) is 4. The molecule has 0 spiro atoms. The molecule has 0 aromatic heterocycles. The second kappa shape index (κ2) is 5.92. The molecule has 1 aromatic rings. The number of sulfonamides is 1. The van der Waals surface area contributed by atoms with E-state index in [-0.39, 0.29) is 11.4 Å². The van der Waals surface area contributed by atoms with Crippen LogP contribution >= 0.6 is 31.9 Å². The fourth-order valence-electron chi connectivity index (χ4n) is 2.35. The quantitative estimate of drug-likeness (QED) is 0.643. The number of nitrogens with one attached hydrogen (secondary N) is 1. The highest BCUT2D eigenvalue weighted by Crippen LogP contribution is 2.33. The summed E-state index contributed by atoms with van der Waals surface area (Å²) < 4.78 is 28.0. The molecule has 1 saturated carbocycles. The third-order valence-corrected chi connectivity index (χ3v) is 6.69. The summed E-state index contributed by atoms with van der Waals surface area (Å²) in [6, 6.07) is 3.06. The molecule has 1 aliphatic rings. The van der Waals surface area contributed by atoms with Crippen molar-refractivity contribution in [2.45, 2.75) is 36.2 Å². The molecule has 1 aliphatic carbocycles. The van der Waals surface area contributed by atoms with Gasteiger partial charge in [-0.2, -0.15) is 0 Å². The lowest BCUT2D eigenvalue weighted by atomic mass is 10.0. The van der Waals surface area contributed by atoms with E-state index in [0.29, 0.717) is 27.5 Å². The minimum atomic E-state index is -3.72. The summed E-state index contributed by atoms with van der Waals surface area (Å²) in [6.07, 6.45) is 3.10. The first-order chi connectivity index (χ1) is 9.23. The second-order valence-electron chi connectivity index (χ2n) is 5.07. The molecule has 0 bridgehead atoms. The van der Waals surface area contributed by atoms with Crippen LogP contribution in [0.3, 0.4) is 0 Å². The molecule has 0 atom stereocenters. The van der Waals surface area contributed by atoms with Gasteiger partial charge < -0.3 is 10.8 Å². The Labute approximate surface area is 135 Å². The van der Waals surface area contributed by atoms with Crippen LogP contribution < -0.4 is 10.5 Å². The number of halogens is 2. The first-order valence-electron chi connectivity index (χ1n) is 6.20. The van der Waals surface area contributed by atoms with Gasteiger partial charge in [0.1, 0.15) is 4.90 Å². The smallest absolute Gasteiger partial charge is 0.242 e. The lowest BCUT2D eigenvalue weighted by molar-refractivity contribution is 0.0531. The number of nitrogens with two attached hydrogens (primary N) is 1. The minimum absolute atomic E-state index is 0.0264. The highest BCUT2D eigenvalue weighted by molar-refractivity contribution is 9.11. The standard InChI is InChI=1S/C12H16Br2N2O3S/c13-9-5-8(15)6-10(14)11(9)20(18,19)16-7-12(17)3-1-2-4-12/h5-6,16-17H,1-4,7,15H2. The van der Waals surface area contributed by atoms with E-state index >= 15 is 0 Å². The van der Waals surface area contributed by atoms with E-state index in [2.05, 4.69) is 36.6 Å². The van der Waals surface area contributed by atoms with Crippen LogP contribution in [0.1, 0.15) is 25.7 Å². The van der Waals surface area contributed by atoms with Crippen molar-refractivity contribution in [2.24, 2.45) is 0 Å². The summed E-state index contributed by atoms with van der Waals surface area (Å²) >= 11 is 6.42. The fourth-order valence-corrected chi connectivity index (χ4v) is 6.08. The molecular formula is C12H16Br2N2O3S. The second-order valence-corrected chi connectivity index (χ2v) is 8.48. The van der Waals surface area contributed by atoms with Gasteiger partial charge in [-0.3, -0.25) is 0 Å². The maximum atomic E-state index is 12.4. The van der Waals surface area contributed by atoms with Crippen molar-refractivity contribution in [3.8, 4) is 0 Å². The van der Waals surface area contributed by atoms with E-state index < -0.39 is 15.6 Å². The van der Waals surface area contributed by atoms with E-state index in [9.17, 15) is 13.5 Å². The van der Waals surface area contributed by atoms with Crippen LogP contribution in [0.25, 0.3) is 0 Å². The number of hydrogen-bond donors (Lipinski definition) is 3. The van der Waals surface area contributed by atoms with Crippen molar-refractivity contribution in [1.29, 1.82) is 0 Å². The molecular weight excluding hydrogens is 412 g/mol. The number of aliphatic hydroxyl groups is 1. The van der Waals surface area contributed by atoms with Crippen LogP contribution in [0, 0.1) is 0 Å². The Morgan fingerprint density at radius 3 is 2.25 bits per heavy atom. The van der Waals surface area contributed by atoms with E-state index in [1.54, 1.807) is 0 Å². The lowest BCUT2D eigenvalue weighted by Gasteiger charge is -2.22. The highest BCUT2D eigenvalue weighted by Gasteiger charge is 2.33. The molecule has 0 radical (unpaired) electrons. The summed E-state index contributed by atoms with van der Waals surface area (Å²) in [5.74, 6) is 0. The zero-order chi connectivity index (χ0) is 15.0. The Balaban J connectivity index is 2.23. The van der Waals surface area contributed by atoms with Crippen molar-refractivity contribution in [1.82, 2.24) is 4.72 Å². The van der Waals surface area contributed by atoms with Crippen LogP contribution in [0.15, 0.2) is 26.0 Å². The number of benzene rings is 1. The van der Waals surface area contributed by atoms with E-state index in [0.717, 1.165) is 12.8 Å². The van der Waals surface area contributed by atoms with Crippen LogP contribution in [-0.2, 0) is 10.0 Å². The summed E-state index contributed by atoms with van der Waals surface area (Å²) in [7, 11) is -3.72. The Hall–Kier alpha value is -0.150. The maximum absolute atomic E-state index is 12.4. The van der Waals surface area contributed by atoms with E-state index in [4.69, 9.17) is 5.73 Å². The van der Waals surface area contributed by atoms with Crippen LogP contribution in [0.4, 0.5) is 5.69 Å². The third-order valence-electron chi connectivity index (χ3n) is 3.41. The molecule has 112 valence electrons. The van der Waals surface area contributed by atoms with Crippen LogP contribution in [0.5, 0.6) is 0 Å². The highest BCUT2D eigenvalue weighted by atomic mass is 79.9. The van der Waals surface area contributed by atoms with Gasteiger partial charge in [-0.15, -0.1) is 0 Å². The van der Waals surface area contributed by atoms with Gasteiger partial charge in [0.15, 0.2) is 0 Å². The van der Waals surface area contributed by atoms with Gasteiger partial charge in [0, 0.05) is 21.2 Å². The number of rotatable bonds is 4. The number of nitrogen functional groups attached to an aromatic ring is 1. The summed E-state index contributed by atoms with van der Waals surface area (Å²) in [5, 5.41) is 10.2. The Kier molecular flexibility index (Phi) is 4.80. The van der Waals surface area contributed by atoms with Gasteiger partial charge in [0.2, 0.25) is 10.0 Å². The summed E-state index contributed by atoms with van der Waals surface area (Å²) in [5.41, 5.74) is 5.18. The zero-order valence-corrected chi connectivity index (χ0v) is 14.7. The Morgan fingerprint density at radius 1 is 1.25 bits per heavy atom. The largest absolute Gasteiger partial charge is 0.399 e. The van der Waals surface area contributed by atoms with Gasteiger partial charge >= 0.3 is 0 Å². The molecule has 5 nitrogen and oxygen atoms in total. The molecule has 0 unspecified atom stereocenters. The Morgan fingerprint density at radius 2 is 1.75 bits per heavy atom. The fraction of sp³-hybridized carbons (Fsp3) is 0.500. The SMILES string of the molecule is Nc1cc(Br)c(S(=O)(=O)NCC2(O)CCCC2)c(Br)c1. The monoisotopic (exact) mass is 426 g/mol. The molecule has 0 amide bonds. The predicted molar refractivity (Wildman–Crippen MR) is 84.9 cm³/mol. The van der Waals surface area contributed by atoms with Gasteiger partial charge in [-0.1, -0.05) is 12.8 Å². The lowest BCUT2D eigenvalue weighted by Crippen LogP contribution is -2.40. The Bertz CT molecular complexity index is 590. The van der Waals surface area contributed by atoms with Crippen LogP contribution in [-0.4, -0.2) is 25.7 Å². The van der Waals surface area contributed by atoms with Crippen molar-refractivity contribution in [2.75, 3.05) is 12.3 Å². The molecule has 0 aliphatic heterocycles. The van der Waals surface area contributed by atoms with E-state index in [1.165, 1.54) is 12.1 Å². The molecule has 4 N–H and O–H groups in total. The normalized spacial score (nSPS) is 18.4. The molecule has 0 saturated heterocycles. The molecule has 0 heterocycles. The molecule has 1 fully saturated rings. The van der Waals surface area contributed by atoms with Gasteiger partial charge in [0.25, 0.3) is 0 Å². The first-order valence-corrected chi connectivity index (χ1v) is 9.27. The molecule has 1 aromatic carbocycles. The van der Waals surface area contributed by atoms with E-state index in [1.807, 2.05) is 0 Å². The van der Waals surface area contributed by atoms with Gasteiger partial charge in [-0.05, 0) is 56.8 Å². The average Bonchev–Trinajstić information content (AvgIpc) is 2.73. The third kappa shape index (κ3) is 3.54. The van der Waals surface area contributed by atoms with Crippen LogP contribution in [0.2, 0.25) is 0 Å². The van der Waals surface area contributed by atoms with Gasteiger partial charge in [-0.25, -0.2) is 13.1 Å². The van der Waals surface area contributed by atoms with Crippen molar-refractivity contribution in [3.63, 3.8) is 0 Å². The summed E-state index contributed by atoms with van der Waals surface area (Å²) in [6.45, 7) is 0.0264. The first kappa shape index (κ1) is 16.2. The van der Waals surface area contributed by atoms with Crippen molar-refractivity contribution >= 4 is 47.6 Å². The topological polar surface area (TPSA) is 92.4 Å². The number of anilines is 1. The molecule has 8 heteroatoms. The zero-order valence-electron chi connectivity index (χ0n) is 10.7. The predicted octanol–water partition coefficient (Wildman–Crippen LogP) is 2.38. The average molecular weight is 428 g/mol. The van der Waals surface area contributed by atoms with Gasteiger partial charge in [0.05, 0.1) is 5.60 Å². The van der Waals surface area contributed by atoms with Crippen molar-refractivity contribution < 1.29 is 13.5 Å². The molecule has 2 rings (SSSR count).